The number of aldehydes is 1. The van der Waals surface area contributed by atoms with E-state index in [1.165, 1.54) is 0 Å². The number of hydrogen-bond acceptors (Lipinski definition) is 8. The average molecular weight is 445 g/mol. The molecule has 0 unspecified atom stereocenters. The highest BCUT2D eigenvalue weighted by Gasteiger charge is 2.54. The summed E-state index contributed by atoms with van der Waals surface area (Å²) in [7, 11) is -13.7. The fraction of sp³-hybridized carbons (Fsp3) is 0.200. The van der Waals surface area contributed by atoms with Crippen molar-refractivity contribution in [1.29, 1.82) is 0 Å². The third kappa shape index (κ3) is 5.15. The number of amides is 1. The van der Waals surface area contributed by atoms with Crippen molar-refractivity contribution in [2.75, 3.05) is 0 Å². The zero-order valence-electron chi connectivity index (χ0n) is 12.2. The Hall–Kier alpha value is -2.24. The van der Waals surface area contributed by atoms with Crippen LogP contribution in [0.25, 0.3) is 0 Å². The molecular weight excluding hydrogens is 440 g/mol. The molecule has 0 spiro atoms. The van der Waals surface area contributed by atoms with Crippen LogP contribution in [0.2, 0.25) is 0 Å². The molecule has 0 aliphatic carbocycles. The van der Waals surface area contributed by atoms with Crippen molar-refractivity contribution in [3.05, 3.63) is 35.4 Å². The lowest BCUT2D eigenvalue weighted by Gasteiger charge is -2.20. The number of carbonyl (C=O) groups excluding carboxylic acids is 2. The molecule has 0 heterocycles. The number of alkyl halides is 6. The maximum Gasteiger partial charge on any atom is 0.525 e. The average Bonchev–Trinajstić information content (AvgIpc) is 2.50. The summed E-state index contributed by atoms with van der Waals surface area (Å²) >= 11 is 0. The molecule has 0 bridgehead atoms. The lowest BCUT2D eigenvalue weighted by Crippen LogP contribution is -2.42. The van der Waals surface area contributed by atoms with E-state index in [-0.39, 0.29) is 6.29 Å². The van der Waals surface area contributed by atoms with Gasteiger partial charge in [0, 0.05) is 5.56 Å². The van der Waals surface area contributed by atoms with E-state index in [4.69, 9.17) is 0 Å². The topological polar surface area (TPSA) is 124 Å². The first-order chi connectivity index (χ1) is 12.0. The molecule has 0 atom stereocenters. The Morgan fingerprint density at radius 2 is 1.30 bits per heavy atom. The van der Waals surface area contributed by atoms with E-state index in [0.717, 1.165) is 18.2 Å². The summed E-state index contributed by atoms with van der Waals surface area (Å²) in [6.07, 6.45) is -0.0814. The van der Waals surface area contributed by atoms with Gasteiger partial charge in [-0.15, -0.1) is 8.57 Å². The summed E-state index contributed by atoms with van der Waals surface area (Å²) in [6.45, 7) is 0. The van der Waals surface area contributed by atoms with E-state index in [1.807, 2.05) is 0 Å². The Morgan fingerprint density at radius 1 is 0.889 bits per heavy atom. The Bertz CT molecular complexity index is 891. The summed E-state index contributed by atoms with van der Waals surface area (Å²) in [5.74, 6) is -2.27. The standard InChI is InChI=1S/C10H5F6NO8S2/c11-9(12,13)26(20,21)24-17(25-27(22,23)10(14,15)16)8(19)7-4-2-1-3-6(7)5-18/h1-5H. The van der Waals surface area contributed by atoms with Gasteiger partial charge < -0.3 is 0 Å². The molecule has 0 N–H and O–H groups in total. The van der Waals surface area contributed by atoms with Crippen LogP contribution in [0.1, 0.15) is 20.7 Å². The molecule has 0 saturated carbocycles. The molecule has 1 rings (SSSR count). The Labute approximate surface area is 146 Å². The van der Waals surface area contributed by atoms with E-state index in [0.29, 0.717) is 6.07 Å². The van der Waals surface area contributed by atoms with Crippen LogP contribution >= 0.6 is 0 Å². The SMILES string of the molecule is O=Cc1ccccc1C(=O)N(OS(=O)(=O)C(F)(F)F)OS(=O)(=O)C(F)(F)F. The molecule has 27 heavy (non-hydrogen) atoms. The molecule has 0 aliphatic rings. The third-order valence-corrected chi connectivity index (χ3v) is 4.18. The van der Waals surface area contributed by atoms with Crippen LogP contribution in [0.4, 0.5) is 26.3 Å². The van der Waals surface area contributed by atoms with Crippen molar-refractivity contribution in [3.8, 4) is 0 Å². The molecule has 0 fully saturated rings. The quantitative estimate of drug-likeness (QED) is 0.279. The molecule has 1 amide bonds. The Kier molecular flexibility index (Phi) is 6.26. The third-order valence-electron chi connectivity index (χ3n) is 2.38. The molecule has 0 aliphatic heterocycles. The lowest BCUT2D eigenvalue weighted by atomic mass is 10.1. The van der Waals surface area contributed by atoms with Gasteiger partial charge in [0.2, 0.25) is 0 Å². The molecule has 1 aromatic carbocycles. The van der Waals surface area contributed by atoms with E-state index in [1.54, 1.807) is 0 Å². The zero-order valence-corrected chi connectivity index (χ0v) is 13.8. The van der Waals surface area contributed by atoms with Crippen LogP contribution in [-0.2, 0) is 28.8 Å². The van der Waals surface area contributed by atoms with Gasteiger partial charge in [-0.2, -0.15) is 43.2 Å². The van der Waals surface area contributed by atoms with Gasteiger partial charge in [0.15, 0.2) is 6.29 Å². The van der Waals surface area contributed by atoms with Gasteiger partial charge in [-0.1, -0.05) is 18.2 Å². The summed E-state index contributed by atoms with van der Waals surface area (Å²) in [5.41, 5.74) is -14.2. The largest absolute Gasteiger partial charge is 0.525 e. The first-order valence-corrected chi connectivity index (χ1v) is 8.75. The molecule has 0 saturated heterocycles. The fourth-order valence-corrected chi connectivity index (χ4v) is 2.00. The molecular formula is C10H5F6NO8S2. The van der Waals surface area contributed by atoms with E-state index in [2.05, 4.69) is 8.57 Å². The monoisotopic (exact) mass is 445 g/mol. The van der Waals surface area contributed by atoms with Crippen LogP contribution in [0, 0.1) is 0 Å². The van der Waals surface area contributed by atoms with E-state index < -0.39 is 53.5 Å². The van der Waals surface area contributed by atoms with Gasteiger partial charge in [0.25, 0.3) is 0 Å². The second-order valence-corrected chi connectivity index (χ2v) is 7.26. The second kappa shape index (κ2) is 7.41. The summed E-state index contributed by atoms with van der Waals surface area (Å²) in [5, 5.41) is -1.66. The van der Waals surface area contributed by atoms with Gasteiger partial charge in [0.05, 0.1) is 5.56 Å². The minimum Gasteiger partial charge on any atom is -0.298 e. The van der Waals surface area contributed by atoms with Crippen LogP contribution in [0.15, 0.2) is 24.3 Å². The maximum absolute atomic E-state index is 12.3. The first-order valence-electron chi connectivity index (χ1n) is 5.94. The first kappa shape index (κ1) is 22.8. The molecule has 0 aromatic heterocycles. The normalized spacial score (nSPS) is 13.3. The van der Waals surface area contributed by atoms with Crippen LogP contribution in [-0.4, -0.2) is 45.3 Å². The zero-order chi connectivity index (χ0) is 21.3. The highest BCUT2D eigenvalue weighted by atomic mass is 32.2. The molecule has 0 radical (unpaired) electrons. The summed E-state index contributed by atoms with van der Waals surface area (Å²) in [6, 6.07) is 3.58. The van der Waals surface area contributed by atoms with Gasteiger partial charge in [-0.3, -0.25) is 9.59 Å². The van der Waals surface area contributed by atoms with Crippen LogP contribution in [0.3, 0.4) is 0 Å². The maximum atomic E-state index is 12.3. The molecule has 1 aromatic rings. The van der Waals surface area contributed by atoms with Crippen molar-refractivity contribution in [3.63, 3.8) is 0 Å². The predicted octanol–water partition coefficient (Wildman–Crippen LogP) is 1.50. The molecule has 9 nitrogen and oxygen atoms in total. The molecule has 152 valence electrons. The highest BCUT2D eigenvalue weighted by Crippen LogP contribution is 2.30. The highest BCUT2D eigenvalue weighted by molar-refractivity contribution is 7.88. The number of rotatable bonds is 6. The van der Waals surface area contributed by atoms with Gasteiger partial charge in [-0.05, 0) is 11.3 Å². The van der Waals surface area contributed by atoms with Crippen LogP contribution < -0.4 is 0 Å². The second-order valence-electron chi connectivity index (χ2n) is 4.22. The van der Waals surface area contributed by atoms with Crippen molar-refractivity contribution in [2.45, 2.75) is 11.0 Å². The Morgan fingerprint density at radius 3 is 1.67 bits per heavy atom. The van der Waals surface area contributed by atoms with Gasteiger partial charge in [0.1, 0.15) is 0 Å². The van der Waals surface area contributed by atoms with Gasteiger partial charge >= 0.3 is 37.2 Å². The van der Waals surface area contributed by atoms with Crippen LogP contribution in [0.5, 0.6) is 0 Å². The van der Waals surface area contributed by atoms with Crippen molar-refractivity contribution >= 4 is 32.4 Å². The van der Waals surface area contributed by atoms with Crippen molar-refractivity contribution in [1.82, 2.24) is 5.23 Å². The number of hydrogen-bond donors (Lipinski definition) is 0. The van der Waals surface area contributed by atoms with E-state index >= 15 is 0 Å². The number of benzene rings is 1. The fourth-order valence-electron chi connectivity index (χ4n) is 1.24. The predicted molar refractivity (Wildman–Crippen MR) is 70.1 cm³/mol. The number of carbonyl (C=O) groups is 2. The lowest BCUT2D eigenvalue weighted by molar-refractivity contribution is -0.221. The summed E-state index contributed by atoms with van der Waals surface area (Å²) in [4.78, 5) is 22.8. The van der Waals surface area contributed by atoms with Crippen molar-refractivity contribution < 1.29 is 61.3 Å². The van der Waals surface area contributed by atoms with Crippen molar-refractivity contribution in [2.24, 2.45) is 0 Å². The smallest absolute Gasteiger partial charge is 0.298 e. The van der Waals surface area contributed by atoms with Gasteiger partial charge in [-0.25, -0.2) is 0 Å². The summed E-state index contributed by atoms with van der Waals surface area (Å²) < 4.78 is 124. The number of halogens is 6. The number of nitrogens with zero attached hydrogens (tertiary/aromatic N) is 1. The Balaban J connectivity index is 3.46. The van der Waals surface area contributed by atoms with E-state index in [9.17, 15) is 52.8 Å². The minimum absolute atomic E-state index is 0.0814. The minimum atomic E-state index is -6.83. The molecule has 17 heteroatoms. The number of hydroxylamine groups is 2.